The normalized spacial score (nSPS) is 11.0. The molecule has 0 bridgehead atoms. The zero-order chi connectivity index (χ0) is 21.9. The summed E-state index contributed by atoms with van der Waals surface area (Å²) in [6.45, 7) is 1.79. The number of methoxy groups -OCH3 is 1. The average Bonchev–Trinajstić information content (AvgIpc) is 2.74. The highest BCUT2D eigenvalue weighted by Crippen LogP contribution is 2.28. The van der Waals surface area contributed by atoms with Gasteiger partial charge >= 0.3 is 0 Å². The van der Waals surface area contributed by atoms with E-state index in [0.29, 0.717) is 11.3 Å². The lowest BCUT2D eigenvalue weighted by atomic mass is 9.99. The molecule has 0 aromatic heterocycles. The van der Waals surface area contributed by atoms with Crippen molar-refractivity contribution < 1.29 is 22.9 Å². The Morgan fingerprint density at radius 3 is 2.30 bits per heavy atom. The summed E-state index contributed by atoms with van der Waals surface area (Å²) in [4.78, 5) is 23.2. The first-order chi connectivity index (χ1) is 14.2. The van der Waals surface area contributed by atoms with Gasteiger partial charge in [0.1, 0.15) is 5.75 Å². The molecule has 0 fully saturated rings. The number of carbonyl (C=O) groups excluding carboxylic acids is 1. The summed E-state index contributed by atoms with van der Waals surface area (Å²) < 4.78 is 33.2. The molecule has 0 aliphatic rings. The number of carbonyl (C=O) groups is 1. The predicted octanol–water partition coefficient (Wildman–Crippen LogP) is 3.94. The summed E-state index contributed by atoms with van der Waals surface area (Å²) in [5.41, 5.74) is 1.09. The quantitative estimate of drug-likeness (QED) is 0.347. The van der Waals surface area contributed by atoms with Crippen molar-refractivity contribution in [1.82, 2.24) is 0 Å². The number of nitro groups is 1. The van der Waals surface area contributed by atoms with Crippen LogP contribution in [0.25, 0.3) is 0 Å². The smallest absolute Gasteiger partial charge is 0.269 e. The summed E-state index contributed by atoms with van der Waals surface area (Å²) in [6.07, 6.45) is 0. The van der Waals surface area contributed by atoms with Gasteiger partial charge in [-0.05, 0) is 43.3 Å². The number of anilines is 1. The second-order valence-electron chi connectivity index (χ2n) is 6.43. The van der Waals surface area contributed by atoms with Gasteiger partial charge in [-0.15, -0.1) is 0 Å². The molecule has 0 saturated heterocycles. The van der Waals surface area contributed by atoms with Gasteiger partial charge in [0.15, 0.2) is 5.78 Å². The van der Waals surface area contributed by atoms with E-state index in [9.17, 15) is 23.3 Å². The Balaban J connectivity index is 2.01. The first-order valence-corrected chi connectivity index (χ1v) is 10.3. The maximum atomic E-state index is 13.2. The Morgan fingerprint density at radius 1 is 1.00 bits per heavy atom. The number of nitrogens with zero attached hydrogens (tertiary/aromatic N) is 1. The number of ketones is 1. The molecule has 0 radical (unpaired) electrons. The van der Waals surface area contributed by atoms with E-state index in [1.807, 2.05) is 0 Å². The number of ether oxygens (including phenoxy) is 1. The highest BCUT2D eigenvalue weighted by molar-refractivity contribution is 7.92. The predicted molar refractivity (Wildman–Crippen MR) is 112 cm³/mol. The van der Waals surface area contributed by atoms with Crippen LogP contribution in [0, 0.1) is 17.0 Å². The fourth-order valence-electron chi connectivity index (χ4n) is 2.86. The number of non-ortho nitro benzene ring substituents is 1. The summed E-state index contributed by atoms with van der Waals surface area (Å²) in [7, 11) is -2.63. The molecule has 0 unspecified atom stereocenters. The van der Waals surface area contributed by atoms with E-state index in [-0.39, 0.29) is 21.8 Å². The Morgan fingerprint density at radius 2 is 1.67 bits per heavy atom. The van der Waals surface area contributed by atoms with Crippen molar-refractivity contribution in [1.29, 1.82) is 0 Å². The van der Waals surface area contributed by atoms with Crippen LogP contribution in [0.4, 0.5) is 11.4 Å². The van der Waals surface area contributed by atoms with Gasteiger partial charge in [-0.2, -0.15) is 0 Å². The largest absolute Gasteiger partial charge is 0.496 e. The van der Waals surface area contributed by atoms with E-state index < -0.39 is 20.7 Å². The van der Waals surface area contributed by atoms with Crippen molar-refractivity contribution in [3.63, 3.8) is 0 Å². The molecule has 0 atom stereocenters. The lowest BCUT2D eigenvalue weighted by Crippen LogP contribution is -2.16. The number of aryl methyl sites for hydroxylation is 1. The van der Waals surface area contributed by atoms with Crippen LogP contribution in [-0.2, 0) is 10.0 Å². The van der Waals surface area contributed by atoms with E-state index >= 15 is 0 Å². The molecule has 0 heterocycles. The molecule has 30 heavy (non-hydrogen) atoms. The summed E-state index contributed by atoms with van der Waals surface area (Å²) >= 11 is 0. The van der Waals surface area contributed by atoms with E-state index in [1.165, 1.54) is 13.2 Å². The highest BCUT2D eigenvalue weighted by atomic mass is 32.2. The standard InChI is InChI=1S/C21H18N2O6S/c1-14-7-12-19(18(13-14)21(24)17-5-3-4-6-20(17)29-2)22-30(27,28)16-10-8-15(9-11-16)23(25)26/h3-13,22H,1-2H3. The SMILES string of the molecule is COc1ccccc1C(=O)c1cc(C)ccc1NS(=O)(=O)c1ccc([N+](=O)[O-])cc1. The Bertz CT molecular complexity index is 1220. The molecule has 0 aliphatic heterocycles. The molecule has 0 amide bonds. The monoisotopic (exact) mass is 426 g/mol. The molecule has 154 valence electrons. The average molecular weight is 426 g/mol. The molecule has 0 spiro atoms. The van der Waals surface area contributed by atoms with Gasteiger partial charge in [-0.1, -0.05) is 23.8 Å². The Kier molecular flexibility index (Phi) is 5.84. The van der Waals surface area contributed by atoms with Crippen molar-refractivity contribution in [3.05, 3.63) is 93.5 Å². The van der Waals surface area contributed by atoms with Gasteiger partial charge in [0.25, 0.3) is 15.7 Å². The second-order valence-corrected chi connectivity index (χ2v) is 8.12. The highest BCUT2D eigenvalue weighted by Gasteiger charge is 2.22. The van der Waals surface area contributed by atoms with Crippen molar-refractivity contribution in [3.8, 4) is 5.75 Å². The van der Waals surface area contributed by atoms with Crippen LogP contribution in [-0.4, -0.2) is 26.2 Å². The van der Waals surface area contributed by atoms with Crippen LogP contribution in [0.5, 0.6) is 5.75 Å². The number of nitrogens with one attached hydrogen (secondary N) is 1. The number of sulfonamides is 1. The molecule has 0 saturated carbocycles. The molecule has 9 heteroatoms. The number of para-hydroxylation sites is 1. The fraction of sp³-hybridized carbons (Fsp3) is 0.0952. The molecule has 3 aromatic carbocycles. The Hall–Kier alpha value is -3.72. The molecular weight excluding hydrogens is 408 g/mol. The van der Waals surface area contributed by atoms with Gasteiger partial charge in [0, 0.05) is 17.7 Å². The molecule has 3 aromatic rings. The lowest BCUT2D eigenvalue weighted by molar-refractivity contribution is -0.384. The zero-order valence-electron chi connectivity index (χ0n) is 16.2. The van der Waals surface area contributed by atoms with Crippen LogP contribution in [0.2, 0.25) is 0 Å². The minimum Gasteiger partial charge on any atom is -0.496 e. The number of hydrogen-bond acceptors (Lipinski definition) is 6. The van der Waals surface area contributed by atoms with Gasteiger partial charge in [0.2, 0.25) is 0 Å². The van der Waals surface area contributed by atoms with E-state index in [1.54, 1.807) is 43.3 Å². The fourth-order valence-corrected chi connectivity index (χ4v) is 3.94. The van der Waals surface area contributed by atoms with Gasteiger partial charge in [-0.3, -0.25) is 19.6 Å². The maximum absolute atomic E-state index is 13.2. The zero-order valence-corrected chi connectivity index (χ0v) is 17.0. The van der Waals surface area contributed by atoms with Gasteiger partial charge in [-0.25, -0.2) is 8.42 Å². The Labute approximate surface area is 173 Å². The maximum Gasteiger partial charge on any atom is 0.269 e. The number of rotatable bonds is 7. The third kappa shape index (κ3) is 4.31. The minimum absolute atomic E-state index is 0.0925. The molecule has 8 nitrogen and oxygen atoms in total. The number of benzene rings is 3. The van der Waals surface area contributed by atoms with E-state index in [0.717, 1.165) is 29.8 Å². The lowest BCUT2D eigenvalue weighted by Gasteiger charge is -2.14. The van der Waals surface area contributed by atoms with Crippen LogP contribution < -0.4 is 9.46 Å². The molecule has 1 N–H and O–H groups in total. The van der Waals surface area contributed by atoms with Crippen LogP contribution in [0.3, 0.4) is 0 Å². The minimum atomic E-state index is -4.08. The van der Waals surface area contributed by atoms with Crippen molar-refractivity contribution in [2.45, 2.75) is 11.8 Å². The van der Waals surface area contributed by atoms with Crippen LogP contribution in [0.15, 0.2) is 71.6 Å². The molecular formula is C21H18N2O6S. The van der Waals surface area contributed by atoms with Gasteiger partial charge < -0.3 is 4.74 Å². The van der Waals surface area contributed by atoms with Crippen molar-refractivity contribution in [2.75, 3.05) is 11.8 Å². The van der Waals surface area contributed by atoms with Crippen LogP contribution >= 0.6 is 0 Å². The summed E-state index contributed by atoms with van der Waals surface area (Å²) in [5.74, 6) is -0.0364. The van der Waals surface area contributed by atoms with E-state index in [4.69, 9.17) is 4.74 Å². The topological polar surface area (TPSA) is 116 Å². The third-order valence-electron chi connectivity index (χ3n) is 4.37. The molecule has 0 aliphatic carbocycles. The first kappa shape index (κ1) is 21.0. The van der Waals surface area contributed by atoms with E-state index in [2.05, 4.69) is 4.72 Å². The van der Waals surface area contributed by atoms with Crippen molar-refractivity contribution >= 4 is 27.2 Å². The molecule has 3 rings (SSSR count). The van der Waals surface area contributed by atoms with Gasteiger partial charge in [0.05, 0.1) is 28.2 Å². The third-order valence-corrected chi connectivity index (χ3v) is 5.75. The first-order valence-electron chi connectivity index (χ1n) is 8.78. The number of hydrogen-bond donors (Lipinski definition) is 1. The second kappa shape index (κ2) is 8.34. The number of nitro benzene ring substituents is 1. The van der Waals surface area contributed by atoms with Crippen LogP contribution in [0.1, 0.15) is 21.5 Å². The summed E-state index contributed by atoms with van der Waals surface area (Å²) in [6, 6.07) is 15.9. The summed E-state index contributed by atoms with van der Waals surface area (Å²) in [5, 5.41) is 10.8. The van der Waals surface area contributed by atoms with Crippen molar-refractivity contribution in [2.24, 2.45) is 0 Å².